The molecule has 0 bridgehead atoms. The average molecular weight is 368 g/mol. The molecule has 3 aromatic rings. The van der Waals surface area contributed by atoms with E-state index in [0.29, 0.717) is 24.1 Å². The van der Waals surface area contributed by atoms with E-state index in [1.165, 1.54) is 0 Å². The molecule has 0 radical (unpaired) electrons. The Labute approximate surface area is 158 Å². The summed E-state index contributed by atoms with van der Waals surface area (Å²) < 4.78 is 12.9. The normalized spacial score (nSPS) is 11.0. The molecule has 0 fully saturated rings. The van der Waals surface area contributed by atoms with Crippen molar-refractivity contribution < 1.29 is 14.6 Å². The number of benzene rings is 1. The van der Waals surface area contributed by atoms with Crippen LogP contribution < -0.4 is 9.47 Å². The van der Waals surface area contributed by atoms with Crippen molar-refractivity contribution in [3.05, 3.63) is 59.3 Å². The van der Waals surface area contributed by atoms with E-state index >= 15 is 0 Å². The van der Waals surface area contributed by atoms with Gasteiger partial charge in [-0.05, 0) is 30.5 Å². The summed E-state index contributed by atoms with van der Waals surface area (Å²) in [5, 5.41) is 9.49. The zero-order chi connectivity index (χ0) is 19.4. The van der Waals surface area contributed by atoms with E-state index in [4.69, 9.17) is 9.47 Å². The maximum absolute atomic E-state index is 9.49. The molecule has 27 heavy (non-hydrogen) atoms. The average Bonchev–Trinajstić information content (AvgIpc) is 3.14. The first-order valence-electron chi connectivity index (χ1n) is 8.80. The minimum absolute atomic E-state index is 0.142. The monoisotopic (exact) mass is 368 g/mol. The van der Waals surface area contributed by atoms with Crippen LogP contribution in [0.25, 0.3) is 5.95 Å². The summed E-state index contributed by atoms with van der Waals surface area (Å²) in [6.45, 7) is 6.35. The molecule has 0 amide bonds. The Hall–Kier alpha value is -2.93. The molecule has 142 valence electrons. The fraction of sp³-hybridized carbons (Fsp3) is 0.350. The van der Waals surface area contributed by atoms with E-state index in [1.807, 2.05) is 31.2 Å². The summed E-state index contributed by atoms with van der Waals surface area (Å²) in [6.07, 6.45) is 3.18. The van der Waals surface area contributed by atoms with Crippen molar-refractivity contribution in [2.45, 2.75) is 39.9 Å². The molecule has 0 unspecified atom stereocenters. The van der Waals surface area contributed by atoms with Crippen molar-refractivity contribution in [3.63, 3.8) is 0 Å². The van der Waals surface area contributed by atoms with E-state index in [1.54, 1.807) is 24.2 Å². The molecule has 1 aromatic carbocycles. The molecule has 0 aliphatic carbocycles. The van der Waals surface area contributed by atoms with E-state index in [9.17, 15) is 5.11 Å². The van der Waals surface area contributed by atoms with E-state index < -0.39 is 0 Å². The molecular weight excluding hydrogens is 344 g/mol. The quantitative estimate of drug-likeness (QED) is 0.690. The summed E-state index contributed by atoms with van der Waals surface area (Å²) in [5.74, 6) is 1.99. The van der Waals surface area contributed by atoms with Crippen molar-refractivity contribution in [1.29, 1.82) is 0 Å². The largest absolute Gasteiger partial charge is 0.497 e. The van der Waals surface area contributed by atoms with Gasteiger partial charge in [-0.2, -0.15) is 4.98 Å². The second-order valence-corrected chi connectivity index (χ2v) is 6.53. The zero-order valence-electron chi connectivity index (χ0n) is 16.0. The molecule has 3 rings (SSSR count). The lowest BCUT2D eigenvalue weighted by atomic mass is 10.0. The Kier molecular flexibility index (Phi) is 5.71. The van der Waals surface area contributed by atoms with E-state index in [2.05, 4.69) is 28.8 Å². The lowest BCUT2D eigenvalue weighted by Gasteiger charge is -2.17. The fourth-order valence-electron chi connectivity index (χ4n) is 2.92. The van der Waals surface area contributed by atoms with Gasteiger partial charge in [0.25, 0.3) is 0 Å². The zero-order valence-corrected chi connectivity index (χ0v) is 16.0. The van der Waals surface area contributed by atoms with Gasteiger partial charge in [0.1, 0.15) is 18.7 Å². The van der Waals surface area contributed by atoms with Gasteiger partial charge in [-0.25, -0.2) is 9.97 Å². The smallest absolute Gasteiger partial charge is 0.238 e. The molecule has 0 saturated heterocycles. The molecule has 7 heteroatoms. The first kappa shape index (κ1) is 18.8. The standard InChI is InChI=1S/C20H24N4O3/c1-13(2)18-14(3)22-20(24-12-21-9-16(24)10-25)23-19(18)27-11-15-5-7-17(26-4)8-6-15/h5-9,12-13,25H,10-11H2,1-4H3. The topological polar surface area (TPSA) is 82.3 Å². The minimum atomic E-state index is -0.142. The molecule has 2 heterocycles. The molecule has 2 aromatic heterocycles. The number of aromatic nitrogens is 4. The SMILES string of the molecule is COc1ccc(COc2nc(-n3cncc3CO)nc(C)c2C(C)C)cc1. The van der Waals surface area contributed by atoms with Gasteiger partial charge in [-0.15, -0.1) is 0 Å². The summed E-state index contributed by atoms with van der Waals surface area (Å²) >= 11 is 0. The number of imidazole rings is 1. The summed E-state index contributed by atoms with van der Waals surface area (Å²) in [4.78, 5) is 13.3. The predicted molar refractivity (Wildman–Crippen MR) is 101 cm³/mol. The van der Waals surface area contributed by atoms with Crippen LogP contribution in [0.2, 0.25) is 0 Å². The van der Waals surface area contributed by atoms with Crippen LogP contribution in [-0.2, 0) is 13.2 Å². The van der Waals surface area contributed by atoms with Crippen LogP contribution in [0.3, 0.4) is 0 Å². The third-order valence-corrected chi connectivity index (χ3v) is 4.29. The summed E-state index contributed by atoms with van der Waals surface area (Å²) in [5.41, 5.74) is 3.45. The Bertz CT molecular complexity index is 904. The molecule has 0 spiro atoms. The summed E-state index contributed by atoms with van der Waals surface area (Å²) in [7, 11) is 1.64. The highest BCUT2D eigenvalue weighted by molar-refractivity contribution is 5.37. The van der Waals surface area contributed by atoms with Gasteiger partial charge in [0.2, 0.25) is 11.8 Å². The number of aryl methyl sites for hydroxylation is 1. The Morgan fingerprint density at radius 1 is 1.15 bits per heavy atom. The van der Waals surface area contributed by atoms with Gasteiger partial charge in [-0.3, -0.25) is 4.57 Å². The van der Waals surface area contributed by atoms with Crippen LogP contribution in [0.1, 0.15) is 42.3 Å². The molecule has 0 atom stereocenters. The number of rotatable bonds is 7. The Morgan fingerprint density at radius 2 is 1.89 bits per heavy atom. The van der Waals surface area contributed by atoms with Crippen LogP contribution >= 0.6 is 0 Å². The van der Waals surface area contributed by atoms with Gasteiger partial charge >= 0.3 is 0 Å². The minimum Gasteiger partial charge on any atom is -0.497 e. The molecule has 7 nitrogen and oxygen atoms in total. The molecule has 1 N–H and O–H groups in total. The van der Waals surface area contributed by atoms with Gasteiger partial charge in [0.15, 0.2) is 0 Å². The van der Waals surface area contributed by atoms with Crippen molar-refractivity contribution in [1.82, 2.24) is 19.5 Å². The van der Waals surface area contributed by atoms with Crippen LogP contribution in [0, 0.1) is 6.92 Å². The van der Waals surface area contributed by atoms with Crippen molar-refractivity contribution in [2.24, 2.45) is 0 Å². The van der Waals surface area contributed by atoms with Crippen LogP contribution in [0.5, 0.6) is 11.6 Å². The number of aliphatic hydroxyl groups excluding tert-OH is 1. The third-order valence-electron chi connectivity index (χ3n) is 4.29. The highest BCUT2D eigenvalue weighted by atomic mass is 16.5. The lowest BCUT2D eigenvalue weighted by Crippen LogP contribution is -2.11. The number of hydrogen-bond donors (Lipinski definition) is 1. The molecule has 0 aliphatic rings. The van der Waals surface area contributed by atoms with Gasteiger partial charge in [0, 0.05) is 5.56 Å². The highest BCUT2D eigenvalue weighted by Crippen LogP contribution is 2.29. The predicted octanol–water partition coefficient (Wildman–Crippen LogP) is 3.17. The highest BCUT2D eigenvalue weighted by Gasteiger charge is 2.18. The van der Waals surface area contributed by atoms with Crippen LogP contribution in [-0.4, -0.2) is 31.7 Å². The molecule has 0 aliphatic heterocycles. The van der Waals surface area contributed by atoms with Crippen molar-refractivity contribution in [3.8, 4) is 17.6 Å². The first-order valence-corrected chi connectivity index (χ1v) is 8.80. The number of aliphatic hydroxyl groups is 1. The van der Waals surface area contributed by atoms with Gasteiger partial charge < -0.3 is 14.6 Å². The molecule has 0 saturated carbocycles. The summed E-state index contributed by atoms with van der Waals surface area (Å²) in [6, 6.07) is 7.72. The van der Waals surface area contributed by atoms with E-state index in [-0.39, 0.29) is 12.5 Å². The second-order valence-electron chi connectivity index (χ2n) is 6.53. The van der Waals surface area contributed by atoms with Crippen molar-refractivity contribution in [2.75, 3.05) is 7.11 Å². The van der Waals surface area contributed by atoms with Gasteiger partial charge in [0.05, 0.1) is 31.3 Å². The lowest BCUT2D eigenvalue weighted by molar-refractivity contribution is 0.273. The maximum atomic E-state index is 9.49. The number of nitrogens with zero attached hydrogens (tertiary/aromatic N) is 4. The fourth-order valence-corrected chi connectivity index (χ4v) is 2.92. The maximum Gasteiger partial charge on any atom is 0.238 e. The third kappa shape index (κ3) is 4.09. The first-order chi connectivity index (χ1) is 13.0. The number of methoxy groups -OCH3 is 1. The van der Waals surface area contributed by atoms with Gasteiger partial charge in [-0.1, -0.05) is 26.0 Å². The van der Waals surface area contributed by atoms with Crippen LogP contribution in [0.4, 0.5) is 0 Å². The number of ether oxygens (including phenoxy) is 2. The van der Waals surface area contributed by atoms with Crippen molar-refractivity contribution >= 4 is 0 Å². The number of hydrogen-bond acceptors (Lipinski definition) is 6. The second kappa shape index (κ2) is 8.18. The Balaban J connectivity index is 1.93. The molecular formula is C20H24N4O3. The van der Waals surface area contributed by atoms with E-state index in [0.717, 1.165) is 22.6 Å². The van der Waals surface area contributed by atoms with Crippen LogP contribution in [0.15, 0.2) is 36.8 Å². The Morgan fingerprint density at radius 3 is 2.52 bits per heavy atom.